The maximum atomic E-state index is 11.0. The van der Waals surface area contributed by atoms with Gasteiger partial charge in [-0.1, -0.05) is 0 Å². The molecule has 0 atom stereocenters. The number of aliphatic imine (C=N–C) groups is 1. The third-order valence-corrected chi connectivity index (χ3v) is 1.91. The molecule has 0 spiro atoms. The third kappa shape index (κ3) is 2.98. The van der Waals surface area contributed by atoms with Crippen LogP contribution in [-0.2, 0) is 0 Å². The zero-order valence-electron chi connectivity index (χ0n) is 8.74. The lowest BCUT2D eigenvalue weighted by Gasteiger charge is -2.05. The van der Waals surface area contributed by atoms with E-state index in [9.17, 15) is 4.79 Å². The van der Waals surface area contributed by atoms with Crippen molar-refractivity contribution in [3.63, 3.8) is 0 Å². The minimum atomic E-state index is -0.250. The van der Waals surface area contributed by atoms with Crippen LogP contribution in [0.3, 0.4) is 0 Å². The average Bonchev–Trinajstić information content (AvgIpc) is 2.29. The predicted octanol–water partition coefficient (Wildman–Crippen LogP) is 0.773. The van der Waals surface area contributed by atoms with Crippen LogP contribution in [0.25, 0.3) is 0 Å². The molecule has 5 heteroatoms. The molecule has 0 aliphatic heterocycles. The minimum absolute atomic E-state index is 0.250. The molecule has 2 amide bonds. The van der Waals surface area contributed by atoms with E-state index < -0.39 is 0 Å². The summed E-state index contributed by atoms with van der Waals surface area (Å²) < 4.78 is 0. The van der Waals surface area contributed by atoms with Crippen LogP contribution in [0.5, 0.6) is 0 Å². The molecule has 80 valence electrons. The van der Waals surface area contributed by atoms with Gasteiger partial charge in [-0.2, -0.15) is 0 Å². The van der Waals surface area contributed by atoms with Crippen molar-refractivity contribution >= 4 is 17.6 Å². The van der Waals surface area contributed by atoms with E-state index in [1.54, 1.807) is 38.4 Å². The minimum Gasteiger partial charge on any atom is -0.384 e. The van der Waals surface area contributed by atoms with Gasteiger partial charge in [0, 0.05) is 25.3 Å². The van der Waals surface area contributed by atoms with Crippen LogP contribution in [0.2, 0.25) is 0 Å². The average molecular weight is 206 g/mol. The molecule has 0 aliphatic carbocycles. The predicted molar refractivity (Wildman–Crippen MR) is 61.2 cm³/mol. The summed E-state index contributed by atoms with van der Waals surface area (Å²) >= 11 is 0. The Hall–Kier alpha value is -2.04. The molecule has 5 nitrogen and oxygen atoms in total. The molecule has 0 aromatic heterocycles. The van der Waals surface area contributed by atoms with Crippen molar-refractivity contribution in [1.82, 2.24) is 5.32 Å². The topological polar surface area (TPSA) is 79.5 Å². The maximum Gasteiger partial charge on any atom is 0.318 e. The second-order valence-electron chi connectivity index (χ2n) is 2.89. The summed E-state index contributed by atoms with van der Waals surface area (Å²) in [4.78, 5) is 14.8. The van der Waals surface area contributed by atoms with Gasteiger partial charge in [-0.15, -0.1) is 0 Å². The van der Waals surface area contributed by atoms with Crippen molar-refractivity contribution in [3.8, 4) is 0 Å². The van der Waals surface area contributed by atoms with E-state index in [1.807, 2.05) is 0 Å². The molecular weight excluding hydrogens is 192 g/mol. The van der Waals surface area contributed by atoms with Crippen LogP contribution < -0.4 is 16.4 Å². The van der Waals surface area contributed by atoms with E-state index in [2.05, 4.69) is 15.6 Å². The second-order valence-corrected chi connectivity index (χ2v) is 2.89. The number of amidine groups is 1. The maximum absolute atomic E-state index is 11.0. The van der Waals surface area contributed by atoms with Crippen molar-refractivity contribution in [2.75, 3.05) is 19.4 Å². The first-order valence-corrected chi connectivity index (χ1v) is 4.48. The van der Waals surface area contributed by atoms with Crippen molar-refractivity contribution in [1.29, 1.82) is 0 Å². The van der Waals surface area contributed by atoms with Gasteiger partial charge in [-0.3, -0.25) is 4.99 Å². The fraction of sp³-hybridized carbons (Fsp3) is 0.200. The van der Waals surface area contributed by atoms with Crippen LogP contribution in [0.1, 0.15) is 5.56 Å². The number of hydrogen-bond acceptors (Lipinski definition) is 2. The van der Waals surface area contributed by atoms with Gasteiger partial charge in [-0.25, -0.2) is 4.79 Å². The van der Waals surface area contributed by atoms with Crippen LogP contribution in [0.4, 0.5) is 10.5 Å². The van der Waals surface area contributed by atoms with E-state index in [0.29, 0.717) is 11.5 Å². The Balaban J connectivity index is 2.77. The standard InChI is InChI=1S/C10H14N4O/c1-12-9(11)7-3-5-8(6-4-7)14-10(15)13-2/h3-6H,1-2H3,(H2,11,12)(H2,13,14,15). The highest BCUT2D eigenvalue weighted by Crippen LogP contribution is 2.08. The highest BCUT2D eigenvalue weighted by molar-refractivity contribution is 5.98. The molecule has 1 rings (SSSR count). The molecule has 4 N–H and O–H groups in total. The molecule has 1 aromatic rings. The molecule has 0 heterocycles. The summed E-state index contributed by atoms with van der Waals surface area (Å²) in [6, 6.07) is 6.88. The van der Waals surface area contributed by atoms with Gasteiger partial charge in [-0.05, 0) is 24.3 Å². The summed E-state index contributed by atoms with van der Waals surface area (Å²) in [5.74, 6) is 0.474. The summed E-state index contributed by atoms with van der Waals surface area (Å²) in [6.45, 7) is 0. The largest absolute Gasteiger partial charge is 0.384 e. The molecule has 1 aromatic carbocycles. The summed E-state index contributed by atoms with van der Waals surface area (Å²) in [6.07, 6.45) is 0. The molecule has 0 unspecified atom stereocenters. The number of anilines is 1. The molecule has 0 saturated heterocycles. The Labute approximate surface area is 88.4 Å². The highest BCUT2D eigenvalue weighted by atomic mass is 16.2. The Bertz CT molecular complexity index is 370. The molecule has 0 fully saturated rings. The lowest BCUT2D eigenvalue weighted by Crippen LogP contribution is -2.24. The molecular formula is C10H14N4O. The third-order valence-electron chi connectivity index (χ3n) is 1.91. The van der Waals surface area contributed by atoms with E-state index in [0.717, 1.165) is 5.56 Å². The normalized spacial score (nSPS) is 10.9. The SMILES string of the molecule is CN=C(N)c1ccc(NC(=O)NC)cc1. The van der Waals surface area contributed by atoms with Crippen LogP contribution in [-0.4, -0.2) is 26.0 Å². The molecule has 0 radical (unpaired) electrons. The lowest BCUT2D eigenvalue weighted by molar-refractivity contribution is 0.254. The zero-order valence-corrected chi connectivity index (χ0v) is 8.74. The van der Waals surface area contributed by atoms with Crippen LogP contribution in [0.15, 0.2) is 29.3 Å². The van der Waals surface area contributed by atoms with Crippen molar-refractivity contribution < 1.29 is 4.79 Å². The fourth-order valence-electron chi connectivity index (χ4n) is 1.05. The molecule has 0 aliphatic rings. The van der Waals surface area contributed by atoms with Gasteiger partial charge in [0.2, 0.25) is 0 Å². The summed E-state index contributed by atoms with van der Waals surface area (Å²) in [7, 11) is 3.19. The van der Waals surface area contributed by atoms with Gasteiger partial charge >= 0.3 is 6.03 Å². The quantitative estimate of drug-likeness (QED) is 0.493. The number of nitrogens with two attached hydrogens (primary N) is 1. The summed E-state index contributed by atoms with van der Waals surface area (Å²) in [5.41, 5.74) is 7.17. The molecule has 15 heavy (non-hydrogen) atoms. The number of urea groups is 1. The van der Waals surface area contributed by atoms with Crippen molar-refractivity contribution in [3.05, 3.63) is 29.8 Å². The highest BCUT2D eigenvalue weighted by Gasteiger charge is 2.00. The number of nitrogens with one attached hydrogen (secondary N) is 2. The Morgan fingerprint density at radius 1 is 1.33 bits per heavy atom. The number of amides is 2. The number of hydrogen-bond donors (Lipinski definition) is 3. The molecule has 0 bridgehead atoms. The number of carbonyl (C=O) groups excluding carboxylic acids is 1. The van der Waals surface area contributed by atoms with Crippen LogP contribution in [0, 0.1) is 0 Å². The Kier molecular flexibility index (Phi) is 3.68. The smallest absolute Gasteiger partial charge is 0.318 e. The number of rotatable bonds is 2. The number of benzene rings is 1. The van der Waals surface area contributed by atoms with E-state index in [1.165, 1.54) is 0 Å². The first kappa shape index (κ1) is 11.0. The van der Waals surface area contributed by atoms with Gasteiger partial charge in [0.1, 0.15) is 5.84 Å². The van der Waals surface area contributed by atoms with Crippen molar-refractivity contribution in [2.24, 2.45) is 10.7 Å². The zero-order chi connectivity index (χ0) is 11.3. The van der Waals surface area contributed by atoms with Gasteiger partial charge in [0.25, 0.3) is 0 Å². The first-order chi connectivity index (χ1) is 7.17. The fourth-order valence-corrected chi connectivity index (χ4v) is 1.05. The van der Waals surface area contributed by atoms with Crippen LogP contribution >= 0.6 is 0 Å². The second kappa shape index (κ2) is 4.99. The Morgan fingerprint density at radius 2 is 1.93 bits per heavy atom. The van der Waals surface area contributed by atoms with Crippen molar-refractivity contribution in [2.45, 2.75) is 0 Å². The first-order valence-electron chi connectivity index (χ1n) is 4.48. The summed E-state index contributed by atoms with van der Waals surface area (Å²) in [5, 5.41) is 5.11. The number of carbonyl (C=O) groups is 1. The van der Waals surface area contributed by atoms with Gasteiger partial charge in [0.15, 0.2) is 0 Å². The van der Waals surface area contributed by atoms with E-state index in [-0.39, 0.29) is 6.03 Å². The molecule has 0 saturated carbocycles. The van der Waals surface area contributed by atoms with Gasteiger partial charge < -0.3 is 16.4 Å². The lowest BCUT2D eigenvalue weighted by atomic mass is 10.2. The number of nitrogens with zero attached hydrogens (tertiary/aromatic N) is 1. The Morgan fingerprint density at radius 3 is 2.40 bits per heavy atom. The monoisotopic (exact) mass is 206 g/mol. The van der Waals surface area contributed by atoms with E-state index >= 15 is 0 Å². The van der Waals surface area contributed by atoms with Gasteiger partial charge in [0.05, 0.1) is 0 Å². The van der Waals surface area contributed by atoms with E-state index in [4.69, 9.17) is 5.73 Å².